The van der Waals surface area contributed by atoms with E-state index in [2.05, 4.69) is 10.2 Å². The Hall–Kier alpha value is -2.33. The van der Waals surface area contributed by atoms with Crippen LogP contribution in [0.25, 0.3) is 17.2 Å². The first kappa shape index (κ1) is 21.9. The molecule has 1 N–H and O–H groups in total. The second kappa shape index (κ2) is 9.86. The van der Waals surface area contributed by atoms with Crippen LogP contribution >= 0.6 is 24.0 Å². The average Bonchev–Trinajstić information content (AvgIpc) is 3.08. The van der Waals surface area contributed by atoms with Gasteiger partial charge in [0.1, 0.15) is 16.7 Å². The lowest BCUT2D eigenvalue weighted by atomic mass is 10.0. The van der Waals surface area contributed by atoms with Gasteiger partial charge in [0, 0.05) is 25.2 Å². The Morgan fingerprint density at radius 2 is 1.87 bits per heavy atom. The summed E-state index contributed by atoms with van der Waals surface area (Å²) in [5.74, 6) is -1.49. The van der Waals surface area contributed by atoms with Crippen LogP contribution in [0.1, 0.15) is 5.56 Å². The molecular formula is C22H20F2N2O3S2. The summed E-state index contributed by atoms with van der Waals surface area (Å²) in [6.45, 7) is 4.38. The summed E-state index contributed by atoms with van der Waals surface area (Å²) in [5, 5.41) is 2.59. The molecule has 2 heterocycles. The van der Waals surface area contributed by atoms with Crippen LogP contribution in [0.15, 0.2) is 41.3 Å². The van der Waals surface area contributed by atoms with Crippen LogP contribution < -0.4 is 10.1 Å². The lowest BCUT2D eigenvalue weighted by Gasteiger charge is -2.26. The molecule has 9 heteroatoms. The maximum absolute atomic E-state index is 13.7. The van der Waals surface area contributed by atoms with Gasteiger partial charge in [-0.25, -0.2) is 8.78 Å². The van der Waals surface area contributed by atoms with Gasteiger partial charge in [-0.3, -0.25) is 9.69 Å². The largest absolute Gasteiger partial charge is 0.492 e. The van der Waals surface area contributed by atoms with Crippen molar-refractivity contribution >= 4 is 40.3 Å². The minimum Gasteiger partial charge on any atom is -0.492 e. The van der Waals surface area contributed by atoms with E-state index in [1.165, 1.54) is 17.8 Å². The third-order valence-corrected chi connectivity index (χ3v) is 6.12. The van der Waals surface area contributed by atoms with E-state index < -0.39 is 11.6 Å². The Bertz CT molecular complexity index is 1040. The molecule has 2 saturated heterocycles. The molecule has 5 nitrogen and oxygen atoms in total. The van der Waals surface area contributed by atoms with Crippen molar-refractivity contribution in [2.75, 3.05) is 39.5 Å². The second-order valence-corrected chi connectivity index (χ2v) is 8.76. The van der Waals surface area contributed by atoms with Crippen molar-refractivity contribution in [3.8, 4) is 16.9 Å². The van der Waals surface area contributed by atoms with E-state index in [9.17, 15) is 13.6 Å². The van der Waals surface area contributed by atoms with Crippen LogP contribution in [-0.2, 0) is 9.53 Å². The zero-order valence-corrected chi connectivity index (χ0v) is 18.2. The Kier molecular flexibility index (Phi) is 6.96. The number of morpholine rings is 1. The van der Waals surface area contributed by atoms with Gasteiger partial charge in [-0.1, -0.05) is 36.1 Å². The van der Waals surface area contributed by atoms with Crippen molar-refractivity contribution in [2.24, 2.45) is 0 Å². The summed E-state index contributed by atoms with van der Waals surface area (Å²) in [4.78, 5) is 14.8. The third kappa shape index (κ3) is 5.48. The number of rotatable bonds is 6. The SMILES string of the molecule is O=C1NC(=S)SC1=Cc1cc(-c2ccc(F)c(F)c2)ccc1OCCN1CCOCC1. The number of nitrogens with one attached hydrogen (secondary N) is 1. The van der Waals surface area contributed by atoms with Gasteiger partial charge in [0.2, 0.25) is 0 Å². The van der Waals surface area contributed by atoms with Gasteiger partial charge >= 0.3 is 0 Å². The number of ether oxygens (including phenoxy) is 2. The number of halogens is 2. The van der Waals surface area contributed by atoms with Gasteiger partial charge in [0.05, 0.1) is 18.1 Å². The summed E-state index contributed by atoms with van der Waals surface area (Å²) in [6, 6.07) is 9.10. The van der Waals surface area contributed by atoms with Crippen molar-refractivity contribution in [3.63, 3.8) is 0 Å². The molecule has 0 unspecified atom stereocenters. The fraction of sp³-hybridized carbons (Fsp3) is 0.273. The highest BCUT2D eigenvalue weighted by Crippen LogP contribution is 2.33. The summed E-state index contributed by atoms with van der Waals surface area (Å²) in [5.41, 5.74) is 1.86. The molecule has 2 aliphatic rings. The molecule has 0 aliphatic carbocycles. The Morgan fingerprint density at radius 1 is 1.13 bits per heavy atom. The predicted octanol–water partition coefficient (Wildman–Crippen LogP) is 3.83. The number of hydrogen-bond donors (Lipinski definition) is 1. The van der Waals surface area contributed by atoms with Gasteiger partial charge in [-0.2, -0.15) is 0 Å². The molecule has 0 radical (unpaired) electrons. The van der Waals surface area contributed by atoms with Crippen LogP contribution in [0, 0.1) is 11.6 Å². The normalized spacial score (nSPS) is 18.5. The molecule has 0 atom stereocenters. The number of benzene rings is 2. The number of hydrogen-bond acceptors (Lipinski definition) is 6. The molecule has 162 valence electrons. The van der Waals surface area contributed by atoms with Crippen LogP contribution in [0.3, 0.4) is 0 Å². The highest BCUT2D eigenvalue weighted by molar-refractivity contribution is 8.26. The van der Waals surface area contributed by atoms with E-state index in [-0.39, 0.29) is 5.91 Å². The maximum atomic E-state index is 13.7. The molecular weight excluding hydrogens is 442 g/mol. The molecule has 2 fully saturated rings. The van der Waals surface area contributed by atoms with Gasteiger partial charge in [-0.15, -0.1) is 0 Å². The quantitative estimate of drug-likeness (QED) is 0.520. The summed E-state index contributed by atoms with van der Waals surface area (Å²) < 4.78 is 38.8. The van der Waals surface area contributed by atoms with Gasteiger partial charge in [0.15, 0.2) is 11.6 Å². The summed E-state index contributed by atoms with van der Waals surface area (Å²) in [7, 11) is 0. The first-order valence-electron chi connectivity index (χ1n) is 9.77. The minimum absolute atomic E-state index is 0.271. The van der Waals surface area contributed by atoms with E-state index in [4.69, 9.17) is 21.7 Å². The Morgan fingerprint density at radius 3 is 2.58 bits per heavy atom. The molecule has 31 heavy (non-hydrogen) atoms. The van der Waals surface area contributed by atoms with Crippen LogP contribution in [0.4, 0.5) is 8.78 Å². The molecule has 2 aliphatic heterocycles. The lowest BCUT2D eigenvalue weighted by molar-refractivity contribution is -0.115. The number of amides is 1. The number of nitrogens with zero attached hydrogens (tertiary/aromatic N) is 1. The minimum atomic E-state index is -0.917. The molecule has 2 aromatic carbocycles. The third-order valence-electron chi connectivity index (χ3n) is 4.96. The van der Waals surface area contributed by atoms with E-state index in [1.807, 2.05) is 0 Å². The fourth-order valence-electron chi connectivity index (χ4n) is 3.32. The molecule has 0 spiro atoms. The average molecular weight is 463 g/mol. The topological polar surface area (TPSA) is 50.8 Å². The first-order valence-corrected chi connectivity index (χ1v) is 11.0. The van der Waals surface area contributed by atoms with E-state index in [0.29, 0.717) is 51.5 Å². The smallest absolute Gasteiger partial charge is 0.263 e. The summed E-state index contributed by atoms with van der Waals surface area (Å²) in [6.07, 6.45) is 1.70. The van der Waals surface area contributed by atoms with Gasteiger partial charge < -0.3 is 14.8 Å². The van der Waals surface area contributed by atoms with E-state index in [1.54, 1.807) is 24.3 Å². The van der Waals surface area contributed by atoms with Crippen molar-refractivity contribution in [1.29, 1.82) is 0 Å². The molecule has 2 aromatic rings. The first-order chi connectivity index (χ1) is 15.0. The highest BCUT2D eigenvalue weighted by Gasteiger charge is 2.23. The fourth-order valence-corrected chi connectivity index (χ4v) is 4.35. The van der Waals surface area contributed by atoms with E-state index in [0.717, 1.165) is 31.8 Å². The van der Waals surface area contributed by atoms with Crippen LogP contribution in [-0.4, -0.2) is 54.6 Å². The van der Waals surface area contributed by atoms with Crippen LogP contribution in [0.2, 0.25) is 0 Å². The maximum Gasteiger partial charge on any atom is 0.263 e. The lowest BCUT2D eigenvalue weighted by Crippen LogP contribution is -2.38. The number of thiocarbonyl (C=S) groups is 1. The zero-order valence-electron chi connectivity index (χ0n) is 16.5. The van der Waals surface area contributed by atoms with Crippen molar-refractivity contribution < 1.29 is 23.0 Å². The van der Waals surface area contributed by atoms with Crippen molar-refractivity contribution in [1.82, 2.24) is 10.2 Å². The number of thioether (sulfide) groups is 1. The van der Waals surface area contributed by atoms with Gasteiger partial charge in [-0.05, 0) is 41.5 Å². The Balaban J connectivity index is 1.60. The molecule has 0 saturated carbocycles. The summed E-state index contributed by atoms with van der Waals surface area (Å²) >= 11 is 6.23. The molecule has 4 rings (SSSR count). The van der Waals surface area contributed by atoms with Crippen molar-refractivity contribution in [3.05, 3.63) is 58.5 Å². The Labute approximate surface area is 188 Å². The molecule has 0 bridgehead atoms. The zero-order chi connectivity index (χ0) is 21.8. The van der Waals surface area contributed by atoms with Crippen molar-refractivity contribution in [2.45, 2.75) is 0 Å². The second-order valence-electron chi connectivity index (χ2n) is 7.04. The number of carbonyl (C=O) groups excluding carboxylic acids is 1. The van der Waals surface area contributed by atoms with Gasteiger partial charge in [0.25, 0.3) is 5.91 Å². The van der Waals surface area contributed by atoms with Crippen LogP contribution in [0.5, 0.6) is 5.75 Å². The number of carbonyl (C=O) groups is 1. The predicted molar refractivity (Wildman–Crippen MR) is 121 cm³/mol. The highest BCUT2D eigenvalue weighted by atomic mass is 32.2. The molecule has 1 amide bonds. The van der Waals surface area contributed by atoms with E-state index >= 15 is 0 Å². The monoisotopic (exact) mass is 462 g/mol. The standard InChI is InChI=1S/C22H20F2N2O3S2/c23-17-3-1-15(12-18(17)24)14-2-4-19(29-10-7-26-5-8-28-9-6-26)16(11-14)13-20-21(27)25-22(30)31-20/h1-4,11-13H,5-10H2,(H,25,27,30). The molecule has 0 aromatic heterocycles.